The fourth-order valence-electron chi connectivity index (χ4n) is 4.45. The van der Waals surface area contributed by atoms with E-state index in [1.165, 1.54) is 5.56 Å². The monoisotopic (exact) mass is 481 g/mol. The van der Waals surface area contributed by atoms with Gasteiger partial charge in [-0.25, -0.2) is 4.98 Å². The molecular formula is C25H28ClN5OS. The third-order valence-electron chi connectivity index (χ3n) is 6.33. The minimum atomic E-state index is 0.756. The number of aryl methyl sites for hydroxylation is 1. The molecule has 0 spiro atoms. The number of benzene rings is 2. The van der Waals surface area contributed by atoms with Gasteiger partial charge in [0.25, 0.3) is 0 Å². The van der Waals surface area contributed by atoms with E-state index in [1.54, 1.807) is 0 Å². The van der Waals surface area contributed by atoms with Crippen LogP contribution in [0.5, 0.6) is 0 Å². The molecule has 2 aliphatic rings. The molecule has 2 fully saturated rings. The molecule has 33 heavy (non-hydrogen) atoms. The van der Waals surface area contributed by atoms with E-state index in [2.05, 4.69) is 57.3 Å². The van der Waals surface area contributed by atoms with Crippen molar-refractivity contribution in [2.24, 2.45) is 0 Å². The third-order valence-corrected chi connectivity index (χ3v) is 6.92. The van der Waals surface area contributed by atoms with E-state index in [-0.39, 0.29) is 0 Å². The van der Waals surface area contributed by atoms with Crippen molar-refractivity contribution in [1.29, 1.82) is 0 Å². The molecule has 0 amide bonds. The molecule has 8 heteroatoms. The van der Waals surface area contributed by atoms with Crippen molar-refractivity contribution >= 4 is 57.0 Å². The number of rotatable bonds is 3. The first kappa shape index (κ1) is 22.2. The number of nitrogens with one attached hydrogen (secondary N) is 1. The highest BCUT2D eigenvalue weighted by Gasteiger charge is 2.20. The standard InChI is InChI=1S/C25H28ClN5OS/c1-18-15-24(30-11-13-32-14-12-30)28-23-6-5-20(17-22(18)23)27-25(33)31-9-7-29(8-10-31)21-4-2-3-19(26)16-21/h2-6,15-17H,7-14H2,1H3,(H,27,33). The number of ether oxygens (including phenoxy) is 1. The molecule has 0 saturated carbocycles. The lowest BCUT2D eigenvalue weighted by Gasteiger charge is -2.37. The summed E-state index contributed by atoms with van der Waals surface area (Å²) >= 11 is 11.9. The van der Waals surface area contributed by atoms with Crippen LogP contribution in [0.2, 0.25) is 5.02 Å². The smallest absolute Gasteiger partial charge is 0.173 e. The fourth-order valence-corrected chi connectivity index (χ4v) is 4.94. The maximum Gasteiger partial charge on any atom is 0.173 e. The number of hydrogen-bond acceptors (Lipinski definition) is 5. The van der Waals surface area contributed by atoms with Gasteiger partial charge in [0.15, 0.2) is 5.11 Å². The summed E-state index contributed by atoms with van der Waals surface area (Å²) in [4.78, 5) is 11.8. The van der Waals surface area contributed by atoms with Crippen molar-refractivity contribution in [3.05, 3.63) is 59.1 Å². The van der Waals surface area contributed by atoms with Crippen molar-refractivity contribution < 1.29 is 4.74 Å². The van der Waals surface area contributed by atoms with Crippen LogP contribution in [0.1, 0.15) is 5.56 Å². The Hall–Kier alpha value is -2.61. The highest BCUT2D eigenvalue weighted by atomic mass is 35.5. The average molecular weight is 482 g/mol. The molecule has 0 atom stereocenters. The molecule has 5 rings (SSSR count). The van der Waals surface area contributed by atoms with Crippen molar-refractivity contribution in [1.82, 2.24) is 9.88 Å². The Morgan fingerprint density at radius 1 is 0.970 bits per heavy atom. The van der Waals surface area contributed by atoms with Crippen LogP contribution in [0.15, 0.2) is 48.5 Å². The first-order valence-electron chi connectivity index (χ1n) is 11.4. The Morgan fingerprint density at radius 3 is 2.52 bits per heavy atom. The van der Waals surface area contributed by atoms with Crippen LogP contribution in [0.4, 0.5) is 17.2 Å². The summed E-state index contributed by atoms with van der Waals surface area (Å²) in [6.45, 7) is 8.99. The summed E-state index contributed by atoms with van der Waals surface area (Å²) < 4.78 is 5.47. The first-order valence-corrected chi connectivity index (χ1v) is 12.2. The summed E-state index contributed by atoms with van der Waals surface area (Å²) in [5.41, 5.74) is 4.37. The van der Waals surface area contributed by atoms with Crippen molar-refractivity contribution in [3.63, 3.8) is 0 Å². The normalized spacial score (nSPS) is 16.8. The zero-order chi connectivity index (χ0) is 22.8. The number of thiocarbonyl (C=S) groups is 1. The minimum Gasteiger partial charge on any atom is -0.378 e. The summed E-state index contributed by atoms with van der Waals surface area (Å²) in [6, 6.07) is 16.5. The molecule has 2 aromatic carbocycles. The molecule has 6 nitrogen and oxygen atoms in total. The Labute approximate surface area is 205 Å². The number of piperazine rings is 1. The molecule has 0 aliphatic carbocycles. The number of halogens is 1. The molecule has 2 aliphatic heterocycles. The molecule has 1 N–H and O–H groups in total. The maximum atomic E-state index is 6.15. The van der Waals surface area contributed by atoms with Gasteiger partial charge in [-0.05, 0) is 67.2 Å². The van der Waals surface area contributed by atoms with Gasteiger partial charge >= 0.3 is 0 Å². The van der Waals surface area contributed by atoms with Crippen LogP contribution < -0.4 is 15.1 Å². The van der Waals surface area contributed by atoms with Gasteiger partial charge in [-0.1, -0.05) is 17.7 Å². The lowest BCUT2D eigenvalue weighted by atomic mass is 10.1. The average Bonchev–Trinajstić information content (AvgIpc) is 2.85. The van der Waals surface area contributed by atoms with Crippen LogP contribution in [-0.2, 0) is 4.74 Å². The van der Waals surface area contributed by atoms with Gasteiger partial charge in [0.1, 0.15) is 5.82 Å². The van der Waals surface area contributed by atoms with E-state index in [0.29, 0.717) is 0 Å². The number of aromatic nitrogens is 1. The van der Waals surface area contributed by atoms with E-state index in [4.69, 9.17) is 33.5 Å². The van der Waals surface area contributed by atoms with Crippen molar-refractivity contribution in [3.8, 4) is 0 Å². The second-order valence-electron chi connectivity index (χ2n) is 8.51. The molecule has 1 aromatic heterocycles. The molecule has 0 radical (unpaired) electrons. The van der Waals surface area contributed by atoms with Crippen molar-refractivity contribution in [2.75, 3.05) is 67.6 Å². The number of hydrogen-bond donors (Lipinski definition) is 1. The Bertz CT molecular complexity index is 1160. The van der Waals surface area contributed by atoms with Crippen LogP contribution >= 0.6 is 23.8 Å². The highest BCUT2D eigenvalue weighted by Crippen LogP contribution is 2.26. The van der Waals surface area contributed by atoms with E-state index in [9.17, 15) is 0 Å². The Morgan fingerprint density at radius 2 is 1.76 bits per heavy atom. The van der Waals surface area contributed by atoms with E-state index in [1.807, 2.05) is 18.2 Å². The molecule has 2 saturated heterocycles. The van der Waals surface area contributed by atoms with Crippen LogP contribution in [0.3, 0.4) is 0 Å². The first-order chi connectivity index (χ1) is 16.1. The molecule has 0 unspecified atom stereocenters. The molecule has 3 aromatic rings. The number of nitrogens with zero attached hydrogens (tertiary/aromatic N) is 4. The van der Waals surface area contributed by atoms with Crippen LogP contribution in [0.25, 0.3) is 10.9 Å². The van der Waals surface area contributed by atoms with Crippen molar-refractivity contribution in [2.45, 2.75) is 6.92 Å². The zero-order valence-electron chi connectivity index (χ0n) is 18.8. The second-order valence-corrected chi connectivity index (χ2v) is 9.34. The van der Waals surface area contributed by atoms with Gasteiger partial charge in [0.2, 0.25) is 0 Å². The SMILES string of the molecule is Cc1cc(N2CCOCC2)nc2ccc(NC(=S)N3CCN(c4cccc(Cl)c4)CC3)cc12. The van der Waals surface area contributed by atoms with E-state index < -0.39 is 0 Å². The van der Waals surface area contributed by atoms with Gasteiger partial charge in [0, 0.05) is 61.1 Å². The summed E-state index contributed by atoms with van der Waals surface area (Å²) in [7, 11) is 0. The summed E-state index contributed by atoms with van der Waals surface area (Å²) in [5, 5.41) is 6.11. The number of morpholine rings is 1. The molecule has 3 heterocycles. The molecule has 0 bridgehead atoms. The van der Waals surface area contributed by atoms with Gasteiger partial charge in [-0.15, -0.1) is 0 Å². The predicted molar refractivity (Wildman–Crippen MR) is 141 cm³/mol. The summed E-state index contributed by atoms with van der Waals surface area (Å²) in [5.74, 6) is 1.03. The Kier molecular flexibility index (Phi) is 6.53. The zero-order valence-corrected chi connectivity index (χ0v) is 20.3. The summed E-state index contributed by atoms with van der Waals surface area (Å²) in [6.07, 6.45) is 0. The Balaban J connectivity index is 1.24. The van der Waals surface area contributed by atoms with Crippen LogP contribution in [0, 0.1) is 6.92 Å². The lowest BCUT2D eigenvalue weighted by molar-refractivity contribution is 0.122. The van der Waals surface area contributed by atoms with Gasteiger partial charge < -0.3 is 24.8 Å². The topological polar surface area (TPSA) is 43.9 Å². The second kappa shape index (κ2) is 9.71. The van der Waals surface area contributed by atoms with Gasteiger partial charge in [-0.2, -0.15) is 0 Å². The fraction of sp³-hybridized carbons (Fsp3) is 0.360. The maximum absolute atomic E-state index is 6.15. The van der Waals surface area contributed by atoms with Crippen LogP contribution in [-0.4, -0.2) is 67.5 Å². The number of pyridine rings is 1. The quantitative estimate of drug-likeness (QED) is 0.550. The minimum absolute atomic E-state index is 0.756. The highest BCUT2D eigenvalue weighted by molar-refractivity contribution is 7.80. The number of fused-ring (bicyclic) bond motifs is 1. The third kappa shape index (κ3) is 5.00. The van der Waals surface area contributed by atoms with E-state index in [0.717, 1.165) is 90.7 Å². The molecular weight excluding hydrogens is 454 g/mol. The predicted octanol–water partition coefficient (Wildman–Crippen LogP) is 4.55. The van der Waals surface area contributed by atoms with Gasteiger partial charge in [0.05, 0.1) is 18.7 Å². The molecule has 172 valence electrons. The lowest BCUT2D eigenvalue weighted by Crippen LogP contribution is -2.50. The van der Waals surface area contributed by atoms with Gasteiger partial charge in [-0.3, -0.25) is 0 Å². The van der Waals surface area contributed by atoms with E-state index >= 15 is 0 Å². The number of anilines is 3. The largest absolute Gasteiger partial charge is 0.378 e.